The van der Waals surface area contributed by atoms with Crippen LogP contribution in [0.4, 0.5) is 0 Å². The van der Waals surface area contributed by atoms with E-state index < -0.39 is 94.9 Å². The van der Waals surface area contributed by atoms with Crippen molar-refractivity contribution < 1.29 is 53.4 Å². The molecule has 354 valence electrons. The van der Waals surface area contributed by atoms with Gasteiger partial charge in [-0.05, 0) is 102 Å². The maximum Gasteiger partial charge on any atom is 0.309 e. The van der Waals surface area contributed by atoms with Gasteiger partial charge in [0.2, 0.25) is 0 Å². The van der Waals surface area contributed by atoms with Gasteiger partial charge in [-0.3, -0.25) is 14.4 Å². The van der Waals surface area contributed by atoms with Crippen LogP contribution in [-0.4, -0.2) is 98.4 Å². The fourth-order valence-corrected chi connectivity index (χ4v) is 12.2. The maximum atomic E-state index is 14.7. The van der Waals surface area contributed by atoms with Crippen LogP contribution >= 0.6 is 23.2 Å². The van der Waals surface area contributed by atoms with E-state index in [0.29, 0.717) is 57.8 Å². The van der Waals surface area contributed by atoms with Gasteiger partial charge in [-0.15, -0.1) is 0 Å². The van der Waals surface area contributed by atoms with Gasteiger partial charge >= 0.3 is 5.97 Å². The average Bonchev–Trinajstić information content (AvgIpc) is 3.58. The van der Waals surface area contributed by atoms with Crippen molar-refractivity contribution in [2.24, 2.45) is 41.4 Å². The number of amides is 1. The van der Waals surface area contributed by atoms with E-state index in [4.69, 9.17) is 46.9 Å². The number of nitrogens with one attached hydrogen (secondary N) is 1. The number of benzene rings is 1. The Morgan fingerprint density at radius 1 is 0.889 bits per heavy atom. The van der Waals surface area contributed by atoms with Gasteiger partial charge in [0.25, 0.3) is 5.91 Å². The Morgan fingerprint density at radius 3 is 2.16 bits per heavy atom. The number of aliphatic carboxylic acids is 1. The molecule has 1 amide bonds. The number of carbonyl (C=O) groups excluding carboxylic acids is 2. The fourth-order valence-electron chi connectivity index (χ4n) is 11.6. The molecule has 2 spiro atoms. The van der Waals surface area contributed by atoms with Crippen molar-refractivity contribution in [3.63, 3.8) is 0 Å². The van der Waals surface area contributed by atoms with Crippen LogP contribution in [0.3, 0.4) is 0 Å². The van der Waals surface area contributed by atoms with Gasteiger partial charge in [0.1, 0.15) is 11.8 Å². The van der Waals surface area contributed by atoms with E-state index in [1.54, 1.807) is 25.1 Å². The zero-order valence-corrected chi connectivity index (χ0v) is 40.4. The second-order valence-corrected chi connectivity index (χ2v) is 20.8. The number of rotatable bonds is 14. The van der Waals surface area contributed by atoms with Gasteiger partial charge in [-0.1, -0.05) is 90.7 Å². The maximum absolute atomic E-state index is 14.7. The molecule has 6 rings (SSSR count). The van der Waals surface area contributed by atoms with Crippen molar-refractivity contribution in [1.29, 1.82) is 0 Å². The van der Waals surface area contributed by atoms with Crippen LogP contribution < -0.4 is 5.32 Å². The smallest absolute Gasteiger partial charge is 0.309 e. The Morgan fingerprint density at radius 2 is 1.56 bits per heavy atom. The normalized spacial score (nSPS) is 40.6. The summed E-state index contributed by atoms with van der Waals surface area (Å²) in [6.45, 7) is 19.5. The molecule has 63 heavy (non-hydrogen) atoms. The molecule has 0 bridgehead atoms. The minimum Gasteiger partial charge on any atom is -0.481 e. The van der Waals surface area contributed by atoms with Crippen molar-refractivity contribution in [2.75, 3.05) is 0 Å². The summed E-state index contributed by atoms with van der Waals surface area (Å²) in [5.41, 5.74) is -1.67. The number of Topliss-reactive ketones (excluding diaryl/α,β-unsaturated/α-hetero) is 1. The number of carboxylic acid groups (broad SMARTS) is 1. The van der Waals surface area contributed by atoms with Gasteiger partial charge in [-0.25, -0.2) is 0 Å². The molecule has 4 fully saturated rings. The molecule has 18 atom stereocenters. The minimum absolute atomic E-state index is 0.0531. The second-order valence-electron chi connectivity index (χ2n) is 20.0. The molecule has 14 heteroatoms. The molecule has 0 aliphatic carbocycles. The van der Waals surface area contributed by atoms with E-state index >= 15 is 0 Å². The van der Waals surface area contributed by atoms with Crippen LogP contribution in [-0.2, 0) is 33.3 Å². The number of carboxylic acids is 1. The quantitative estimate of drug-likeness (QED) is 0.132. The summed E-state index contributed by atoms with van der Waals surface area (Å²) in [6, 6.07) is 4.08. The SMILES string of the molecule is CC[C@@H](C(=O)[C@@H](C)[C@@H](O)[C@H](C)[C@@H]1O[C@@H]([C@@H](CC)C(=O)O)CC[C@@H]1C)[C@H]1O[C@]2(C=C[C@H](NC(=O)c3c(Cl)cccc3Cl)[C@]3(CC[C@@](C)([C@H]4CC[C@](O)(CC)[C@H](C)O4)O3)O2)[C@H](C)C[C@@H]1C. The summed E-state index contributed by atoms with van der Waals surface area (Å²) in [6.07, 6.45) is 5.96. The zero-order valence-electron chi connectivity index (χ0n) is 38.9. The predicted molar refractivity (Wildman–Crippen MR) is 240 cm³/mol. The van der Waals surface area contributed by atoms with Crippen molar-refractivity contribution in [1.82, 2.24) is 5.32 Å². The molecule has 0 aromatic heterocycles. The standard InChI is InChI=1S/C49H73Cl2NO11/c1-11-32(45(56)57)36-18-17-26(4)42(60-36)30(8)40(53)29(7)41(54)33(12-2)43-27(5)25-28(6)48(61-43)22-19-37(52-44(55)39-34(50)15-14-16-35(39)51)49(63-48)24-23-46(10,62-49)38-20-21-47(58,13-3)31(9)59-38/h14-16,19,22,26-33,36-38,40,42-43,53,58H,11-13,17-18,20-21,23-25H2,1-10H3,(H,52,55)(H,56,57)/t26-,27-,28+,29-,30-,31-,32+,33-,36+,37-,38+,40+,42+,43-,46-,47+,48-,49-/m0/s1. The Balaban J connectivity index is 1.27. The highest BCUT2D eigenvalue weighted by Crippen LogP contribution is 2.54. The number of ether oxygens (including phenoxy) is 5. The molecule has 5 aliphatic heterocycles. The molecule has 4 N–H and O–H groups in total. The van der Waals surface area contributed by atoms with Gasteiger partial charge < -0.3 is 44.3 Å². The molecule has 12 nitrogen and oxygen atoms in total. The minimum atomic E-state index is -1.44. The number of carbonyl (C=O) groups is 3. The Hall–Kier alpha value is -2.13. The highest BCUT2D eigenvalue weighted by molar-refractivity contribution is 6.39. The monoisotopic (exact) mass is 921 g/mol. The van der Waals surface area contributed by atoms with Crippen LogP contribution in [0.15, 0.2) is 30.4 Å². The lowest BCUT2D eigenvalue weighted by Gasteiger charge is -2.55. The van der Waals surface area contributed by atoms with E-state index in [1.165, 1.54) is 0 Å². The Kier molecular flexibility index (Phi) is 15.7. The topological polar surface area (TPSA) is 170 Å². The molecule has 1 aromatic carbocycles. The summed E-state index contributed by atoms with van der Waals surface area (Å²) >= 11 is 13.0. The molecular formula is C49H73Cl2NO11. The molecule has 1 aromatic rings. The molecule has 0 unspecified atom stereocenters. The predicted octanol–water partition coefficient (Wildman–Crippen LogP) is 8.93. The Bertz CT molecular complexity index is 1830. The lowest BCUT2D eigenvalue weighted by molar-refractivity contribution is -0.397. The summed E-state index contributed by atoms with van der Waals surface area (Å²) in [4.78, 5) is 40.8. The van der Waals surface area contributed by atoms with E-state index in [2.05, 4.69) is 26.1 Å². The molecule has 0 radical (unpaired) electrons. The van der Waals surface area contributed by atoms with Gasteiger partial charge in [-0.2, -0.15) is 0 Å². The lowest BCUT2D eigenvalue weighted by Crippen LogP contribution is -2.65. The zero-order chi connectivity index (χ0) is 46.4. The first kappa shape index (κ1) is 50.3. The number of hydrogen-bond donors (Lipinski definition) is 4. The fraction of sp³-hybridized carbons (Fsp3) is 0.776. The molecular weight excluding hydrogens is 849 g/mol. The molecule has 4 saturated heterocycles. The highest BCUT2D eigenvalue weighted by Gasteiger charge is 2.63. The van der Waals surface area contributed by atoms with Crippen LogP contribution in [0.5, 0.6) is 0 Å². The van der Waals surface area contributed by atoms with Crippen LogP contribution in [0.1, 0.15) is 144 Å². The Labute approximate surface area is 384 Å². The van der Waals surface area contributed by atoms with Crippen molar-refractivity contribution in [3.05, 3.63) is 46.0 Å². The number of aliphatic hydroxyl groups is 2. The summed E-state index contributed by atoms with van der Waals surface area (Å²) in [7, 11) is 0. The molecule has 0 saturated carbocycles. The van der Waals surface area contributed by atoms with Crippen molar-refractivity contribution >= 4 is 40.9 Å². The van der Waals surface area contributed by atoms with Crippen molar-refractivity contribution in [2.45, 2.75) is 199 Å². The number of hydrogen-bond acceptors (Lipinski definition) is 10. The van der Waals surface area contributed by atoms with Crippen LogP contribution in [0.2, 0.25) is 10.0 Å². The summed E-state index contributed by atoms with van der Waals surface area (Å²) in [5, 5.41) is 36.5. The van der Waals surface area contributed by atoms with Crippen LogP contribution in [0, 0.1) is 41.4 Å². The number of halogens is 2. The third-order valence-corrected chi connectivity index (χ3v) is 16.6. The highest BCUT2D eigenvalue weighted by atomic mass is 35.5. The van der Waals surface area contributed by atoms with Gasteiger partial charge in [0.05, 0.1) is 69.4 Å². The van der Waals surface area contributed by atoms with E-state index in [9.17, 15) is 29.7 Å². The van der Waals surface area contributed by atoms with E-state index in [0.717, 1.165) is 6.42 Å². The molecule has 5 aliphatic rings. The van der Waals surface area contributed by atoms with E-state index in [1.807, 2.05) is 53.7 Å². The third kappa shape index (κ3) is 9.69. The largest absolute Gasteiger partial charge is 0.481 e. The first-order valence-corrected chi connectivity index (χ1v) is 24.4. The van der Waals surface area contributed by atoms with Crippen molar-refractivity contribution in [3.8, 4) is 0 Å². The molecule has 5 heterocycles. The summed E-state index contributed by atoms with van der Waals surface area (Å²) in [5.74, 6) is -6.87. The number of ketones is 1. The van der Waals surface area contributed by atoms with Gasteiger partial charge in [0, 0.05) is 30.1 Å². The first-order chi connectivity index (χ1) is 29.6. The second kappa shape index (κ2) is 19.6. The van der Waals surface area contributed by atoms with Crippen LogP contribution in [0.25, 0.3) is 0 Å². The van der Waals surface area contributed by atoms with E-state index in [-0.39, 0.29) is 45.2 Å². The third-order valence-electron chi connectivity index (χ3n) is 16.0. The lowest BCUT2D eigenvalue weighted by atomic mass is 9.72. The first-order valence-electron chi connectivity index (χ1n) is 23.6. The van der Waals surface area contributed by atoms with Gasteiger partial charge in [0.15, 0.2) is 11.6 Å². The number of aliphatic hydroxyl groups excluding tert-OH is 1. The average molecular weight is 923 g/mol. The summed E-state index contributed by atoms with van der Waals surface area (Å²) < 4.78 is 34.6.